The lowest BCUT2D eigenvalue weighted by molar-refractivity contribution is -0.145. The lowest BCUT2D eigenvalue weighted by Gasteiger charge is -2.14. The quantitative estimate of drug-likeness (QED) is 0.131. The molecule has 30 heavy (non-hydrogen) atoms. The summed E-state index contributed by atoms with van der Waals surface area (Å²) in [5, 5.41) is 0. The summed E-state index contributed by atoms with van der Waals surface area (Å²) < 4.78 is 10.7. The summed E-state index contributed by atoms with van der Waals surface area (Å²) in [5.41, 5.74) is 0. The fourth-order valence-electron chi connectivity index (χ4n) is 3.57. The van der Waals surface area contributed by atoms with Crippen molar-refractivity contribution in [1.29, 1.82) is 0 Å². The average Bonchev–Trinajstić information content (AvgIpc) is 2.75. The van der Waals surface area contributed by atoms with Crippen molar-refractivity contribution in [3.05, 3.63) is 0 Å². The first-order valence-corrected chi connectivity index (χ1v) is 12.9. The normalized spacial score (nSPS) is 12.0. The second kappa shape index (κ2) is 22.6. The summed E-state index contributed by atoms with van der Waals surface area (Å²) in [6.07, 6.45) is 19.2. The van der Waals surface area contributed by atoms with Crippen LogP contribution in [0.1, 0.15) is 136 Å². The van der Waals surface area contributed by atoms with Crippen LogP contribution in [0.15, 0.2) is 0 Å². The Kier molecular flexibility index (Phi) is 21.8. The third-order valence-electron chi connectivity index (χ3n) is 5.80. The van der Waals surface area contributed by atoms with Gasteiger partial charge in [-0.2, -0.15) is 0 Å². The molecule has 1 unspecified atom stereocenters. The van der Waals surface area contributed by atoms with Crippen LogP contribution in [0, 0.1) is 5.92 Å². The molecular weight excluding hydrogens is 376 g/mol. The van der Waals surface area contributed by atoms with E-state index in [4.69, 9.17) is 9.47 Å². The second-order valence-electron chi connectivity index (χ2n) is 8.71. The Balaban J connectivity index is 3.40. The predicted octanol–water partition coefficient (Wildman–Crippen LogP) is 7.77. The van der Waals surface area contributed by atoms with E-state index in [1.54, 1.807) is 0 Å². The molecule has 0 bridgehead atoms. The number of unbranched alkanes of at least 4 members (excludes halogenated alkanes) is 11. The Labute approximate surface area is 186 Å². The van der Waals surface area contributed by atoms with Crippen molar-refractivity contribution in [2.75, 3.05) is 13.2 Å². The van der Waals surface area contributed by atoms with Crippen LogP contribution < -0.4 is 0 Å². The first-order chi connectivity index (χ1) is 14.6. The van der Waals surface area contributed by atoms with Crippen LogP contribution in [0.2, 0.25) is 0 Å². The van der Waals surface area contributed by atoms with Gasteiger partial charge in [0.05, 0.1) is 13.2 Å². The van der Waals surface area contributed by atoms with Crippen molar-refractivity contribution in [2.24, 2.45) is 5.92 Å². The maximum atomic E-state index is 11.8. The van der Waals surface area contributed by atoms with E-state index >= 15 is 0 Å². The topological polar surface area (TPSA) is 52.6 Å². The van der Waals surface area contributed by atoms with Gasteiger partial charge < -0.3 is 9.47 Å². The smallest absolute Gasteiger partial charge is 0.305 e. The van der Waals surface area contributed by atoms with Gasteiger partial charge in [0.1, 0.15) is 0 Å². The molecule has 0 rings (SSSR count). The summed E-state index contributed by atoms with van der Waals surface area (Å²) in [5.74, 6) is 0.431. The molecule has 0 aliphatic rings. The van der Waals surface area contributed by atoms with Gasteiger partial charge in [-0.15, -0.1) is 0 Å². The molecular formula is C26H50O4. The molecule has 4 heteroatoms. The number of esters is 2. The number of carbonyl (C=O) groups excluding carboxylic acids is 2. The van der Waals surface area contributed by atoms with E-state index in [2.05, 4.69) is 20.8 Å². The maximum Gasteiger partial charge on any atom is 0.305 e. The minimum atomic E-state index is -0.0457. The molecule has 178 valence electrons. The van der Waals surface area contributed by atoms with Gasteiger partial charge in [-0.25, -0.2) is 0 Å². The Morgan fingerprint density at radius 2 is 1.10 bits per heavy atom. The summed E-state index contributed by atoms with van der Waals surface area (Å²) in [6.45, 7) is 7.75. The molecule has 4 nitrogen and oxygen atoms in total. The zero-order valence-corrected chi connectivity index (χ0v) is 20.4. The summed E-state index contributed by atoms with van der Waals surface area (Å²) in [7, 11) is 0. The molecule has 0 fully saturated rings. The summed E-state index contributed by atoms with van der Waals surface area (Å²) in [4.78, 5) is 23.6. The molecule has 0 amide bonds. The van der Waals surface area contributed by atoms with E-state index < -0.39 is 0 Å². The average molecular weight is 427 g/mol. The molecule has 0 aliphatic heterocycles. The minimum absolute atomic E-state index is 0.0435. The number of hydrogen-bond donors (Lipinski definition) is 0. The Morgan fingerprint density at radius 3 is 1.67 bits per heavy atom. The van der Waals surface area contributed by atoms with Crippen LogP contribution in [0.4, 0.5) is 0 Å². The zero-order valence-electron chi connectivity index (χ0n) is 20.4. The highest BCUT2D eigenvalue weighted by molar-refractivity contribution is 5.69. The maximum absolute atomic E-state index is 11.8. The van der Waals surface area contributed by atoms with E-state index in [-0.39, 0.29) is 11.9 Å². The lowest BCUT2D eigenvalue weighted by Crippen LogP contribution is -2.13. The molecule has 0 radical (unpaired) electrons. The van der Waals surface area contributed by atoms with Gasteiger partial charge in [-0.05, 0) is 31.6 Å². The van der Waals surface area contributed by atoms with Gasteiger partial charge >= 0.3 is 11.9 Å². The highest BCUT2D eigenvalue weighted by atomic mass is 16.5. The van der Waals surface area contributed by atoms with Crippen molar-refractivity contribution in [3.63, 3.8) is 0 Å². The Morgan fingerprint density at radius 1 is 0.600 bits per heavy atom. The van der Waals surface area contributed by atoms with Crippen molar-refractivity contribution >= 4 is 11.9 Å². The van der Waals surface area contributed by atoms with Crippen LogP contribution in [0.5, 0.6) is 0 Å². The third kappa shape index (κ3) is 20.2. The summed E-state index contributed by atoms with van der Waals surface area (Å²) >= 11 is 0. The van der Waals surface area contributed by atoms with Crippen molar-refractivity contribution in [2.45, 2.75) is 136 Å². The van der Waals surface area contributed by atoms with Crippen molar-refractivity contribution in [3.8, 4) is 0 Å². The molecule has 0 heterocycles. The number of rotatable bonds is 22. The molecule has 0 N–H and O–H groups in total. The summed E-state index contributed by atoms with van der Waals surface area (Å²) in [6, 6.07) is 0. The first kappa shape index (κ1) is 28.9. The van der Waals surface area contributed by atoms with Crippen LogP contribution >= 0.6 is 0 Å². The first-order valence-electron chi connectivity index (χ1n) is 12.9. The van der Waals surface area contributed by atoms with Crippen LogP contribution in [0.25, 0.3) is 0 Å². The van der Waals surface area contributed by atoms with E-state index in [1.807, 2.05) is 0 Å². The van der Waals surface area contributed by atoms with E-state index in [0.717, 1.165) is 57.8 Å². The third-order valence-corrected chi connectivity index (χ3v) is 5.80. The SMILES string of the molecule is CCCCCCCCOC(=O)CCCCCCCCC(=O)OCC(CC)CCCC. The van der Waals surface area contributed by atoms with Crippen molar-refractivity contribution < 1.29 is 19.1 Å². The minimum Gasteiger partial charge on any atom is -0.466 e. The highest BCUT2D eigenvalue weighted by Crippen LogP contribution is 2.14. The fraction of sp³-hybridized carbons (Fsp3) is 0.923. The number of hydrogen-bond acceptors (Lipinski definition) is 4. The zero-order chi connectivity index (χ0) is 22.3. The van der Waals surface area contributed by atoms with Gasteiger partial charge in [0.25, 0.3) is 0 Å². The molecule has 1 atom stereocenters. The highest BCUT2D eigenvalue weighted by Gasteiger charge is 2.10. The molecule has 0 aromatic rings. The van der Waals surface area contributed by atoms with E-state index in [1.165, 1.54) is 44.9 Å². The second-order valence-corrected chi connectivity index (χ2v) is 8.71. The lowest BCUT2D eigenvalue weighted by atomic mass is 10.0. The van der Waals surface area contributed by atoms with Gasteiger partial charge in [0, 0.05) is 12.8 Å². The largest absolute Gasteiger partial charge is 0.466 e. The number of ether oxygens (including phenoxy) is 2. The molecule has 0 saturated heterocycles. The molecule has 0 saturated carbocycles. The van der Waals surface area contributed by atoms with Crippen molar-refractivity contribution in [1.82, 2.24) is 0 Å². The Hall–Kier alpha value is -1.06. The molecule has 0 aliphatic carbocycles. The van der Waals surface area contributed by atoms with E-state index in [0.29, 0.717) is 32.0 Å². The number of carbonyl (C=O) groups is 2. The van der Waals surface area contributed by atoms with E-state index in [9.17, 15) is 9.59 Å². The van der Waals surface area contributed by atoms with Gasteiger partial charge in [0.15, 0.2) is 0 Å². The molecule has 0 aromatic heterocycles. The molecule has 0 spiro atoms. The van der Waals surface area contributed by atoms with Gasteiger partial charge in [-0.1, -0.05) is 97.8 Å². The van der Waals surface area contributed by atoms with Crippen LogP contribution in [-0.4, -0.2) is 25.2 Å². The predicted molar refractivity (Wildman–Crippen MR) is 126 cm³/mol. The fourth-order valence-corrected chi connectivity index (χ4v) is 3.57. The Bertz CT molecular complexity index is 394. The monoisotopic (exact) mass is 426 g/mol. The molecule has 0 aromatic carbocycles. The van der Waals surface area contributed by atoms with Crippen LogP contribution in [-0.2, 0) is 19.1 Å². The standard InChI is InChI=1S/C26H50O4/c1-4-7-9-10-15-18-22-29-25(27)20-16-13-11-12-14-17-21-26(28)30-23-24(6-3)19-8-5-2/h24H,4-23H2,1-3H3. The van der Waals surface area contributed by atoms with Gasteiger partial charge in [0.2, 0.25) is 0 Å². The van der Waals surface area contributed by atoms with Gasteiger partial charge in [-0.3, -0.25) is 9.59 Å². The van der Waals surface area contributed by atoms with Crippen LogP contribution in [0.3, 0.4) is 0 Å².